The second kappa shape index (κ2) is 32.9. The third-order valence-corrected chi connectivity index (χ3v) is 27.6. The van der Waals surface area contributed by atoms with Crippen molar-refractivity contribution in [3.8, 4) is 0 Å². The zero-order chi connectivity index (χ0) is 52.4. The molecule has 16 N–H and O–H groups in total. The Morgan fingerprint density at radius 2 is 0.180 bits per heavy atom. The van der Waals surface area contributed by atoms with E-state index in [2.05, 4.69) is 85.1 Å². The minimum atomic E-state index is 0. The third-order valence-electron chi connectivity index (χ3n) is 27.6. The van der Waals surface area contributed by atoms with Crippen molar-refractivity contribution < 1.29 is 95.1 Å². The van der Waals surface area contributed by atoms with Gasteiger partial charge in [-0.15, -0.1) is 0 Å². The normalized spacial score (nSPS) is 51.8. The van der Waals surface area contributed by atoms with Gasteiger partial charge in [-0.3, -0.25) is 85.1 Å². The molecule has 512 valence electrons. The van der Waals surface area contributed by atoms with Crippen LogP contribution in [0, 0.1) is 94.7 Å². The first kappa shape index (κ1) is 76.0. The topological polar surface area (TPSA) is 335 Å². The van der Waals surface area contributed by atoms with Crippen LogP contribution in [0.15, 0.2) is 0 Å². The van der Waals surface area contributed by atoms with Crippen LogP contribution >= 0.6 is 0 Å². The van der Waals surface area contributed by atoms with Crippen molar-refractivity contribution >= 4 is 0 Å². The van der Waals surface area contributed by atoms with Gasteiger partial charge in [0.1, 0.15) is 0 Å². The van der Waals surface area contributed by atoms with Crippen LogP contribution in [-0.2, 0) is 95.1 Å². The first-order valence-corrected chi connectivity index (χ1v) is 35.8. The average molecular weight is 1420 g/mol. The number of fused-ring (bicyclic) bond motifs is 40. The molecule has 0 aromatic heterocycles. The zero-order valence-electron chi connectivity index (χ0n) is 52.5. The van der Waals surface area contributed by atoms with Crippen molar-refractivity contribution in [2.75, 3.05) is 0 Å². The van der Waals surface area contributed by atoms with E-state index in [-0.39, 0.29) is 95.1 Å². The predicted molar refractivity (Wildman–Crippen MR) is 318 cm³/mol. The summed E-state index contributed by atoms with van der Waals surface area (Å²) in [4.78, 5) is 0. The average Bonchev–Trinajstić information content (AvgIpc) is 2.09. The van der Waals surface area contributed by atoms with E-state index in [1.807, 2.05) is 0 Å². The maximum absolute atomic E-state index is 4.26. The fraction of sp³-hybridized carbons (Fsp3) is 1.00. The van der Waals surface area contributed by atoms with Crippen molar-refractivity contribution in [1.82, 2.24) is 85.1 Å². The van der Waals surface area contributed by atoms with Gasteiger partial charge in [-0.05, 0) is 197 Å². The molecule has 0 aromatic carbocycles. The second-order valence-corrected chi connectivity index (χ2v) is 31.2. The van der Waals surface area contributed by atoms with Gasteiger partial charge in [0.05, 0.1) is 98.7 Å². The minimum Gasteiger partial charge on any atom is -2.00 e. The molecule has 10 saturated heterocycles. The van der Waals surface area contributed by atoms with Gasteiger partial charge in [0.15, 0.2) is 0 Å². The van der Waals surface area contributed by atoms with Gasteiger partial charge >= 0.3 is 67.7 Å². The van der Waals surface area contributed by atoms with E-state index in [9.17, 15) is 0 Å². The van der Waals surface area contributed by atoms with E-state index in [0.29, 0.717) is 98.7 Å². The van der Waals surface area contributed by atoms with Crippen LogP contribution < -0.4 is 85.1 Å². The fourth-order valence-corrected chi connectivity index (χ4v) is 23.9. The van der Waals surface area contributed by atoms with E-state index >= 15 is 0 Å². The van der Waals surface area contributed by atoms with Crippen molar-refractivity contribution in [2.24, 2.45) is 94.7 Å². The first-order valence-electron chi connectivity index (χ1n) is 35.8. The minimum absolute atomic E-state index is 0. The standard InChI is InChI=1S/2C32H56N8.2Co.2Fe.5O/c2*1-2-10-18-17(9-1)25-33-26(18)38-28-21-13-5-6-14-22(21)30(35-28)40-32-24-16-8-7-15-23(24)31(36-32)39-29-20-12-4-3-11-19(20)27(34-29)37-25;;;;;;;;;/h2*17-40H,1-16H2;;;;;;;;;/q;;2*+2;2*+3;5*-2. The van der Waals surface area contributed by atoms with Crippen molar-refractivity contribution in [3.05, 3.63) is 0 Å². The molecule has 8 aliphatic carbocycles. The Labute approximate surface area is 575 Å². The molecular weight excluding hydrogens is 1300 g/mol. The quantitative estimate of drug-likeness (QED) is 0.147. The molecule has 4 radical (unpaired) electrons. The summed E-state index contributed by atoms with van der Waals surface area (Å²) in [6.07, 6.45) is 51.1. The summed E-state index contributed by atoms with van der Waals surface area (Å²) in [6, 6.07) is 0. The van der Waals surface area contributed by atoms with E-state index in [0.717, 1.165) is 94.7 Å². The molecule has 18 rings (SSSR count). The molecule has 89 heavy (non-hydrogen) atoms. The van der Waals surface area contributed by atoms with Gasteiger partial charge in [0.2, 0.25) is 0 Å². The molecule has 0 aromatic rings. The predicted octanol–water partition coefficient (Wildman–Crippen LogP) is 4.61. The van der Waals surface area contributed by atoms with Crippen molar-refractivity contribution in [2.45, 2.75) is 304 Å². The Morgan fingerprint density at radius 1 is 0.124 bits per heavy atom. The Bertz CT molecular complexity index is 1620. The van der Waals surface area contributed by atoms with Crippen LogP contribution in [0.4, 0.5) is 0 Å². The Balaban J connectivity index is 0.000000209. The van der Waals surface area contributed by atoms with Crippen LogP contribution in [0.25, 0.3) is 0 Å². The van der Waals surface area contributed by atoms with Gasteiger partial charge < -0.3 is 27.4 Å². The third kappa shape index (κ3) is 14.4. The number of hydrogen-bond acceptors (Lipinski definition) is 16. The summed E-state index contributed by atoms with van der Waals surface area (Å²) in [5.74, 6) is 11.9. The van der Waals surface area contributed by atoms with E-state index in [1.54, 1.807) is 0 Å². The monoisotopic (exact) mass is 1410 g/mol. The van der Waals surface area contributed by atoms with Crippen molar-refractivity contribution in [3.63, 3.8) is 0 Å². The summed E-state index contributed by atoms with van der Waals surface area (Å²) in [5, 5.41) is 67.6. The molecule has 8 saturated carbocycles. The maximum Gasteiger partial charge on any atom is 3.00 e. The van der Waals surface area contributed by atoms with Gasteiger partial charge in [-0.2, -0.15) is 0 Å². The molecule has 21 nitrogen and oxygen atoms in total. The molecule has 18 aliphatic rings. The maximum atomic E-state index is 4.26. The first-order chi connectivity index (χ1) is 39.6. The molecule has 16 atom stereocenters. The molecule has 18 fully saturated rings. The second-order valence-electron chi connectivity index (χ2n) is 31.2. The van der Waals surface area contributed by atoms with Gasteiger partial charge in [0, 0.05) is 0 Å². The Hall–Kier alpha value is 1.21. The molecule has 0 amide bonds. The van der Waals surface area contributed by atoms with Gasteiger partial charge in [0.25, 0.3) is 0 Å². The molecule has 10 aliphatic heterocycles. The van der Waals surface area contributed by atoms with Gasteiger partial charge in [-0.1, -0.05) is 103 Å². The number of nitrogens with one attached hydrogen (secondary N) is 16. The van der Waals surface area contributed by atoms with Gasteiger partial charge in [-0.25, -0.2) is 0 Å². The molecule has 0 spiro atoms. The number of hydrogen-bond donors (Lipinski definition) is 16. The van der Waals surface area contributed by atoms with Crippen LogP contribution in [0.5, 0.6) is 0 Å². The molecule has 10 heterocycles. The summed E-state index contributed by atoms with van der Waals surface area (Å²) >= 11 is 0. The van der Waals surface area contributed by atoms with E-state index in [1.165, 1.54) is 205 Å². The van der Waals surface area contributed by atoms with Crippen molar-refractivity contribution in [1.29, 1.82) is 0 Å². The summed E-state index contributed by atoms with van der Waals surface area (Å²) in [7, 11) is 0. The van der Waals surface area contributed by atoms with Crippen LogP contribution in [-0.4, -0.2) is 98.7 Å². The molecule has 25 heteroatoms. The molecule has 16 bridgehead atoms. The SMILES string of the molecule is C1CCC2C3NC(NC4NC(NC5NC(NC6NC(N3)C3CCCCC63)C3CCCCC53)C3CCCCC43)C2C1.C1CCC2C3NC(NC4NC(NC5NC(NC6NC(N3)C3CCCCC63)C3CCCCC53)C3CCCCC43)C2C1.[Co+2].[Co+2].[Fe+3].[Fe+3].[O-2].[O-2].[O-2].[O-2].[O-2]. The van der Waals surface area contributed by atoms with Crippen LogP contribution in [0.3, 0.4) is 0 Å². The molecular formula is C64H112Co2Fe2N16O5. The Kier molecular flexibility index (Phi) is 28.1. The summed E-state index contributed by atoms with van der Waals surface area (Å²) < 4.78 is 0. The number of rotatable bonds is 0. The smallest absolute Gasteiger partial charge is 2.00 e. The fourth-order valence-electron chi connectivity index (χ4n) is 23.9. The summed E-state index contributed by atoms with van der Waals surface area (Å²) in [5.41, 5.74) is 0. The molecule has 16 unspecified atom stereocenters. The zero-order valence-corrected chi connectivity index (χ0v) is 56.8. The largest absolute Gasteiger partial charge is 3.00 e. The van der Waals surface area contributed by atoms with E-state index in [4.69, 9.17) is 0 Å². The summed E-state index contributed by atoms with van der Waals surface area (Å²) in [6.45, 7) is 0. The Morgan fingerprint density at radius 3 is 0.236 bits per heavy atom. The van der Waals surface area contributed by atoms with E-state index < -0.39 is 0 Å². The van der Waals surface area contributed by atoms with Crippen LogP contribution in [0.1, 0.15) is 205 Å². The van der Waals surface area contributed by atoms with Crippen LogP contribution in [0.2, 0.25) is 0 Å².